The largest absolute Gasteiger partial charge is 0.480 e. The number of carboxylic acids is 1. The maximum atomic E-state index is 12.9. The van der Waals surface area contributed by atoms with Crippen LogP contribution in [0.5, 0.6) is 0 Å². The SMILES string of the molecule is CC(C)(C)OC(=O)[C@]1(O)C2C[C@@H]3C[C@@H](C2)CC1(NCC(=O)O)C3. The standard InChI is InChI=1S/C17H27NO5/c1-15(2,3)23-14(21)17(22)12-5-10-4-11(6-12)8-16(17,7-10)18-9-13(19)20/h10-12,18,22H,4-9H2,1-3H3,(H,19,20)/t10-,11-,12?,16?,17+/m0/s1. The summed E-state index contributed by atoms with van der Waals surface area (Å²) in [6, 6.07) is 0. The molecule has 0 aromatic carbocycles. The first-order chi connectivity index (χ1) is 10.6. The van der Waals surface area contributed by atoms with E-state index in [-0.39, 0.29) is 12.5 Å². The van der Waals surface area contributed by atoms with Crippen LogP contribution in [0.15, 0.2) is 0 Å². The first-order valence-electron chi connectivity index (χ1n) is 8.48. The van der Waals surface area contributed by atoms with E-state index in [9.17, 15) is 14.7 Å². The molecule has 0 aliphatic heterocycles. The maximum absolute atomic E-state index is 12.9. The molecular weight excluding hydrogens is 298 g/mol. The van der Waals surface area contributed by atoms with Crippen molar-refractivity contribution in [3.8, 4) is 0 Å². The minimum absolute atomic E-state index is 0.148. The quantitative estimate of drug-likeness (QED) is 0.675. The molecule has 23 heavy (non-hydrogen) atoms. The van der Waals surface area contributed by atoms with E-state index in [1.54, 1.807) is 20.8 Å². The Kier molecular flexibility index (Phi) is 3.76. The lowest BCUT2D eigenvalue weighted by atomic mass is 9.46. The van der Waals surface area contributed by atoms with Gasteiger partial charge in [0.25, 0.3) is 0 Å². The molecule has 6 heteroatoms. The number of hydrogen-bond donors (Lipinski definition) is 3. The van der Waals surface area contributed by atoms with Crippen molar-refractivity contribution in [3.63, 3.8) is 0 Å². The van der Waals surface area contributed by atoms with E-state index in [1.165, 1.54) is 0 Å². The molecule has 3 N–H and O–H groups in total. The topological polar surface area (TPSA) is 95.9 Å². The first kappa shape index (κ1) is 16.7. The van der Waals surface area contributed by atoms with Gasteiger partial charge < -0.3 is 14.9 Å². The van der Waals surface area contributed by atoms with Crippen LogP contribution in [-0.4, -0.2) is 45.4 Å². The van der Waals surface area contributed by atoms with Gasteiger partial charge in [-0.3, -0.25) is 10.1 Å². The smallest absolute Gasteiger partial charge is 0.340 e. The summed E-state index contributed by atoms with van der Waals surface area (Å²) in [7, 11) is 0. The lowest BCUT2D eigenvalue weighted by Gasteiger charge is -2.64. The number of aliphatic hydroxyl groups is 1. The Balaban J connectivity index is 1.94. The number of esters is 1. The number of hydrogen-bond acceptors (Lipinski definition) is 5. The predicted octanol–water partition coefficient (Wildman–Crippen LogP) is 1.31. The first-order valence-corrected chi connectivity index (χ1v) is 8.48. The molecule has 0 radical (unpaired) electrons. The molecule has 0 unspecified atom stereocenters. The third-order valence-electron chi connectivity index (χ3n) is 5.79. The van der Waals surface area contributed by atoms with Crippen molar-refractivity contribution in [2.45, 2.75) is 69.6 Å². The molecule has 0 saturated heterocycles. The van der Waals surface area contributed by atoms with Gasteiger partial charge in [-0.05, 0) is 64.7 Å². The van der Waals surface area contributed by atoms with E-state index >= 15 is 0 Å². The van der Waals surface area contributed by atoms with Crippen molar-refractivity contribution in [1.82, 2.24) is 5.32 Å². The molecule has 0 amide bonds. The van der Waals surface area contributed by atoms with E-state index in [0.717, 1.165) is 19.3 Å². The number of nitrogens with one attached hydrogen (secondary N) is 1. The van der Waals surface area contributed by atoms with Crippen molar-refractivity contribution in [2.24, 2.45) is 17.8 Å². The van der Waals surface area contributed by atoms with Crippen LogP contribution in [0.3, 0.4) is 0 Å². The molecule has 0 heterocycles. The van der Waals surface area contributed by atoms with Crippen LogP contribution in [0.25, 0.3) is 0 Å². The summed E-state index contributed by atoms with van der Waals surface area (Å²) in [6.45, 7) is 5.09. The van der Waals surface area contributed by atoms with Crippen LogP contribution >= 0.6 is 0 Å². The lowest BCUT2D eigenvalue weighted by molar-refractivity contribution is -0.229. The molecule has 130 valence electrons. The summed E-state index contributed by atoms with van der Waals surface area (Å²) in [5, 5.41) is 23.5. The fourth-order valence-electron chi connectivity index (χ4n) is 5.25. The maximum Gasteiger partial charge on any atom is 0.340 e. The molecule has 6 nitrogen and oxygen atoms in total. The molecule has 4 aliphatic carbocycles. The average Bonchev–Trinajstić information content (AvgIpc) is 2.39. The number of carbonyl (C=O) groups is 2. The van der Waals surface area contributed by atoms with Gasteiger partial charge in [-0.25, -0.2) is 4.79 Å². The zero-order valence-corrected chi connectivity index (χ0v) is 14.1. The Hall–Kier alpha value is -1.14. The summed E-state index contributed by atoms with van der Waals surface area (Å²) < 4.78 is 5.52. The second-order valence-corrected chi connectivity index (χ2v) is 8.64. The van der Waals surface area contributed by atoms with E-state index in [4.69, 9.17) is 9.84 Å². The monoisotopic (exact) mass is 325 g/mol. The van der Waals surface area contributed by atoms with Gasteiger partial charge in [-0.2, -0.15) is 0 Å². The fourth-order valence-corrected chi connectivity index (χ4v) is 5.25. The average molecular weight is 325 g/mol. The van der Waals surface area contributed by atoms with Gasteiger partial charge in [0.1, 0.15) is 5.60 Å². The summed E-state index contributed by atoms with van der Waals surface area (Å²) in [4.78, 5) is 23.9. The third kappa shape index (κ3) is 2.66. The van der Waals surface area contributed by atoms with Gasteiger partial charge >= 0.3 is 11.9 Å². The summed E-state index contributed by atoms with van der Waals surface area (Å²) in [5.74, 6) is -0.822. The summed E-state index contributed by atoms with van der Waals surface area (Å²) >= 11 is 0. The van der Waals surface area contributed by atoms with Crippen LogP contribution in [0.4, 0.5) is 0 Å². The van der Waals surface area contributed by atoms with Crippen LogP contribution in [0.1, 0.15) is 52.9 Å². The Labute approximate surface area is 136 Å². The van der Waals surface area contributed by atoms with Gasteiger partial charge in [0.15, 0.2) is 5.60 Å². The van der Waals surface area contributed by atoms with Crippen molar-refractivity contribution < 1.29 is 24.5 Å². The van der Waals surface area contributed by atoms with E-state index in [1.807, 2.05) is 0 Å². The molecule has 4 rings (SSSR count). The highest BCUT2D eigenvalue weighted by atomic mass is 16.6. The minimum Gasteiger partial charge on any atom is -0.480 e. The Morgan fingerprint density at radius 2 is 1.74 bits per heavy atom. The Morgan fingerprint density at radius 1 is 1.17 bits per heavy atom. The Morgan fingerprint density at radius 3 is 2.22 bits per heavy atom. The fraction of sp³-hybridized carbons (Fsp3) is 0.882. The molecule has 4 aliphatic rings. The van der Waals surface area contributed by atoms with Gasteiger partial charge in [-0.1, -0.05) is 0 Å². The molecule has 4 saturated carbocycles. The van der Waals surface area contributed by atoms with E-state index < -0.39 is 28.7 Å². The number of rotatable bonds is 4. The number of carboxylic acid groups (broad SMARTS) is 1. The van der Waals surface area contributed by atoms with Gasteiger partial charge in [0.05, 0.1) is 12.1 Å². The third-order valence-corrected chi connectivity index (χ3v) is 5.79. The zero-order chi connectivity index (χ0) is 17.0. The predicted molar refractivity (Wildman–Crippen MR) is 82.7 cm³/mol. The van der Waals surface area contributed by atoms with Crippen molar-refractivity contribution in [1.29, 1.82) is 0 Å². The molecular formula is C17H27NO5. The van der Waals surface area contributed by atoms with Crippen LogP contribution < -0.4 is 5.32 Å². The molecule has 4 fully saturated rings. The summed E-state index contributed by atoms with van der Waals surface area (Å²) in [6.07, 6.45) is 4.05. The number of carbonyl (C=O) groups excluding carboxylic acids is 1. The van der Waals surface area contributed by atoms with Crippen LogP contribution in [-0.2, 0) is 14.3 Å². The van der Waals surface area contributed by atoms with Gasteiger partial charge in [0, 0.05) is 5.92 Å². The van der Waals surface area contributed by atoms with Crippen molar-refractivity contribution in [3.05, 3.63) is 0 Å². The summed E-state index contributed by atoms with van der Waals surface area (Å²) in [5.41, 5.74) is -3.19. The second-order valence-electron chi connectivity index (χ2n) is 8.64. The highest BCUT2D eigenvalue weighted by molar-refractivity contribution is 5.83. The normalized spacial score (nSPS) is 41.8. The number of aliphatic carboxylic acids is 1. The minimum atomic E-state index is -1.64. The van der Waals surface area contributed by atoms with Gasteiger partial charge in [0.2, 0.25) is 0 Å². The Bertz CT molecular complexity index is 512. The van der Waals surface area contributed by atoms with Gasteiger partial charge in [-0.15, -0.1) is 0 Å². The lowest BCUT2D eigenvalue weighted by Crippen LogP contribution is -2.77. The number of ether oxygens (including phenoxy) is 1. The van der Waals surface area contributed by atoms with E-state index in [0.29, 0.717) is 24.7 Å². The zero-order valence-electron chi connectivity index (χ0n) is 14.1. The van der Waals surface area contributed by atoms with Crippen LogP contribution in [0.2, 0.25) is 0 Å². The highest BCUT2D eigenvalue weighted by Gasteiger charge is 2.69. The van der Waals surface area contributed by atoms with Crippen molar-refractivity contribution >= 4 is 11.9 Å². The second kappa shape index (κ2) is 5.18. The molecule has 4 bridgehead atoms. The van der Waals surface area contributed by atoms with Crippen LogP contribution in [0, 0.1) is 17.8 Å². The van der Waals surface area contributed by atoms with Crippen molar-refractivity contribution in [2.75, 3.05) is 6.54 Å². The molecule has 0 aromatic rings. The van der Waals surface area contributed by atoms with E-state index in [2.05, 4.69) is 5.32 Å². The highest BCUT2D eigenvalue weighted by Crippen LogP contribution is 2.60. The molecule has 0 aromatic heterocycles. The molecule has 3 atom stereocenters. The molecule has 0 spiro atoms.